The van der Waals surface area contributed by atoms with Crippen LogP contribution in [0.4, 0.5) is 4.79 Å². The Morgan fingerprint density at radius 3 is 1.83 bits per heavy atom. The molecule has 1 amide bonds. The van der Waals surface area contributed by atoms with E-state index in [0.717, 1.165) is 21.8 Å². The summed E-state index contributed by atoms with van der Waals surface area (Å²) in [5.41, 5.74) is 4.55. The molecule has 154 valence electrons. The first-order chi connectivity index (χ1) is 14.5. The lowest BCUT2D eigenvalue weighted by Gasteiger charge is -2.38. The van der Waals surface area contributed by atoms with Gasteiger partial charge in [-0.3, -0.25) is 14.3 Å². The molecule has 1 aliphatic rings. The average Bonchev–Trinajstić information content (AvgIpc) is 3.31. The van der Waals surface area contributed by atoms with E-state index in [9.17, 15) is 9.90 Å². The Labute approximate surface area is 173 Å². The van der Waals surface area contributed by atoms with Crippen molar-refractivity contribution in [3.63, 3.8) is 0 Å². The summed E-state index contributed by atoms with van der Waals surface area (Å²) in [6, 6.07) is 13.0. The number of carboxylic acid groups (broad SMARTS) is 1. The number of fused-ring (bicyclic) bond motifs is 2. The van der Waals surface area contributed by atoms with Crippen molar-refractivity contribution in [3.05, 3.63) is 59.9 Å². The molecular formula is C22H24N6O2. The van der Waals surface area contributed by atoms with Crippen molar-refractivity contribution in [2.75, 3.05) is 26.2 Å². The van der Waals surface area contributed by atoms with E-state index in [2.05, 4.69) is 51.5 Å². The second-order valence-electron chi connectivity index (χ2n) is 7.88. The standard InChI is InChI=1S/C22H24N6O2/c1-25-19-5-3-15(11-17(19)13-23-25)21(27-7-9-28(10-8-27)22(29)30)16-4-6-20-18(12-16)14-24-26(20)2/h3-6,11-14,21H,7-10H2,1-2H3,(H,29,30). The number of hydrogen-bond donors (Lipinski definition) is 1. The fourth-order valence-electron chi connectivity index (χ4n) is 4.49. The van der Waals surface area contributed by atoms with Gasteiger partial charge < -0.3 is 10.0 Å². The van der Waals surface area contributed by atoms with Crippen LogP contribution in [0.2, 0.25) is 0 Å². The van der Waals surface area contributed by atoms with Crippen LogP contribution in [-0.4, -0.2) is 66.7 Å². The minimum atomic E-state index is -0.847. The van der Waals surface area contributed by atoms with Gasteiger partial charge in [-0.2, -0.15) is 10.2 Å². The molecule has 0 unspecified atom stereocenters. The Hall–Kier alpha value is -3.39. The predicted molar refractivity (Wildman–Crippen MR) is 114 cm³/mol. The summed E-state index contributed by atoms with van der Waals surface area (Å²) in [6.07, 6.45) is 2.94. The molecule has 5 rings (SSSR count). The molecule has 0 aliphatic carbocycles. The van der Waals surface area contributed by atoms with Crippen molar-refractivity contribution in [2.45, 2.75) is 6.04 Å². The zero-order chi connectivity index (χ0) is 20.8. The van der Waals surface area contributed by atoms with Crippen LogP contribution in [0.1, 0.15) is 17.2 Å². The van der Waals surface area contributed by atoms with Crippen molar-refractivity contribution in [2.24, 2.45) is 14.1 Å². The normalized spacial score (nSPS) is 15.5. The third-order valence-electron chi connectivity index (χ3n) is 6.12. The molecule has 2 aromatic heterocycles. The first-order valence-electron chi connectivity index (χ1n) is 10.1. The lowest BCUT2D eigenvalue weighted by atomic mass is 9.94. The lowest BCUT2D eigenvalue weighted by Crippen LogP contribution is -2.49. The van der Waals surface area contributed by atoms with Crippen LogP contribution in [-0.2, 0) is 14.1 Å². The maximum atomic E-state index is 11.4. The summed E-state index contributed by atoms with van der Waals surface area (Å²) < 4.78 is 3.75. The molecule has 0 bridgehead atoms. The molecule has 1 saturated heterocycles. The third-order valence-corrected chi connectivity index (χ3v) is 6.12. The van der Waals surface area contributed by atoms with Gasteiger partial charge in [-0.1, -0.05) is 12.1 Å². The highest BCUT2D eigenvalue weighted by atomic mass is 16.4. The second-order valence-corrected chi connectivity index (χ2v) is 7.88. The van der Waals surface area contributed by atoms with Crippen LogP contribution in [0.3, 0.4) is 0 Å². The van der Waals surface area contributed by atoms with Crippen molar-refractivity contribution in [1.82, 2.24) is 29.4 Å². The van der Waals surface area contributed by atoms with Gasteiger partial charge in [0.15, 0.2) is 0 Å². The highest BCUT2D eigenvalue weighted by Crippen LogP contribution is 2.33. The van der Waals surface area contributed by atoms with E-state index < -0.39 is 6.09 Å². The Morgan fingerprint density at radius 1 is 0.867 bits per heavy atom. The number of carbonyl (C=O) groups is 1. The molecule has 4 aromatic rings. The first-order valence-corrected chi connectivity index (χ1v) is 10.1. The molecule has 2 aromatic carbocycles. The van der Waals surface area contributed by atoms with Gasteiger partial charge in [0.2, 0.25) is 0 Å². The minimum Gasteiger partial charge on any atom is -0.465 e. The fraction of sp³-hybridized carbons (Fsp3) is 0.318. The topological polar surface area (TPSA) is 79.4 Å². The summed E-state index contributed by atoms with van der Waals surface area (Å²) >= 11 is 0. The number of aromatic nitrogens is 4. The van der Waals surface area contributed by atoms with Crippen LogP contribution in [0, 0.1) is 0 Å². The Balaban J connectivity index is 1.57. The van der Waals surface area contributed by atoms with Gasteiger partial charge in [0.1, 0.15) is 0 Å². The van der Waals surface area contributed by atoms with Gasteiger partial charge in [-0.05, 0) is 35.4 Å². The van der Waals surface area contributed by atoms with E-state index in [4.69, 9.17) is 0 Å². The van der Waals surface area contributed by atoms with E-state index in [-0.39, 0.29) is 6.04 Å². The van der Waals surface area contributed by atoms with Gasteiger partial charge in [0.25, 0.3) is 0 Å². The van der Waals surface area contributed by atoms with Crippen LogP contribution in [0.25, 0.3) is 21.8 Å². The fourth-order valence-corrected chi connectivity index (χ4v) is 4.49. The van der Waals surface area contributed by atoms with Gasteiger partial charge in [-0.25, -0.2) is 4.79 Å². The van der Waals surface area contributed by atoms with Gasteiger partial charge in [-0.15, -0.1) is 0 Å². The number of rotatable bonds is 3. The largest absolute Gasteiger partial charge is 0.465 e. The number of piperazine rings is 1. The van der Waals surface area contributed by atoms with Crippen LogP contribution >= 0.6 is 0 Å². The monoisotopic (exact) mass is 404 g/mol. The first kappa shape index (κ1) is 18.6. The maximum Gasteiger partial charge on any atom is 0.407 e. The summed E-state index contributed by atoms with van der Waals surface area (Å²) in [6.45, 7) is 2.40. The molecule has 1 fully saturated rings. The quantitative estimate of drug-likeness (QED) is 0.568. The zero-order valence-electron chi connectivity index (χ0n) is 17.1. The van der Waals surface area contributed by atoms with Crippen molar-refractivity contribution in [1.29, 1.82) is 0 Å². The van der Waals surface area contributed by atoms with Crippen LogP contribution in [0.5, 0.6) is 0 Å². The molecule has 1 aliphatic heterocycles. The summed E-state index contributed by atoms with van der Waals surface area (Å²) in [5.74, 6) is 0. The van der Waals surface area contributed by atoms with Crippen molar-refractivity contribution >= 4 is 27.9 Å². The van der Waals surface area contributed by atoms with Gasteiger partial charge >= 0.3 is 6.09 Å². The van der Waals surface area contributed by atoms with Gasteiger partial charge in [0.05, 0.1) is 29.5 Å². The van der Waals surface area contributed by atoms with E-state index in [1.54, 1.807) is 0 Å². The minimum absolute atomic E-state index is 0.0372. The summed E-state index contributed by atoms with van der Waals surface area (Å²) in [5, 5.41) is 20.3. The SMILES string of the molecule is Cn1ncc2cc(C(c3ccc4c(cnn4C)c3)N3CCN(C(=O)O)CC3)ccc21. The highest BCUT2D eigenvalue weighted by molar-refractivity contribution is 5.81. The van der Waals surface area contributed by atoms with E-state index in [0.29, 0.717) is 26.2 Å². The number of hydrogen-bond acceptors (Lipinski definition) is 4. The molecule has 0 spiro atoms. The molecule has 8 nitrogen and oxygen atoms in total. The number of benzene rings is 2. The van der Waals surface area contributed by atoms with Gasteiger partial charge in [0, 0.05) is 51.0 Å². The summed E-state index contributed by atoms with van der Waals surface area (Å²) in [7, 11) is 3.89. The zero-order valence-corrected chi connectivity index (χ0v) is 17.1. The Kier molecular flexibility index (Phi) is 4.43. The van der Waals surface area contributed by atoms with Crippen molar-refractivity contribution in [3.8, 4) is 0 Å². The molecule has 3 heterocycles. The molecule has 8 heteroatoms. The number of amides is 1. The predicted octanol–water partition coefficient (Wildman–Crippen LogP) is 2.85. The molecule has 1 N–H and O–H groups in total. The van der Waals surface area contributed by atoms with Crippen LogP contribution in [0.15, 0.2) is 48.8 Å². The molecule has 0 radical (unpaired) electrons. The lowest BCUT2D eigenvalue weighted by molar-refractivity contribution is 0.0932. The molecule has 0 saturated carbocycles. The van der Waals surface area contributed by atoms with Crippen molar-refractivity contribution < 1.29 is 9.90 Å². The molecular weight excluding hydrogens is 380 g/mol. The summed E-state index contributed by atoms with van der Waals surface area (Å²) in [4.78, 5) is 15.2. The highest BCUT2D eigenvalue weighted by Gasteiger charge is 2.28. The molecule has 30 heavy (non-hydrogen) atoms. The van der Waals surface area contributed by atoms with E-state index in [1.165, 1.54) is 16.0 Å². The van der Waals surface area contributed by atoms with E-state index >= 15 is 0 Å². The second kappa shape index (κ2) is 7.14. The molecule has 0 atom stereocenters. The number of aryl methyl sites for hydroxylation is 2. The Bertz CT molecular complexity index is 1160. The van der Waals surface area contributed by atoms with Crippen LogP contribution < -0.4 is 0 Å². The average molecular weight is 404 g/mol. The Morgan fingerprint density at radius 2 is 1.37 bits per heavy atom. The third kappa shape index (κ3) is 3.09. The smallest absolute Gasteiger partial charge is 0.407 e. The van der Waals surface area contributed by atoms with E-state index in [1.807, 2.05) is 35.9 Å². The maximum absolute atomic E-state index is 11.4. The number of nitrogens with zero attached hydrogens (tertiary/aromatic N) is 6.